The average Bonchev–Trinajstić information content (AvgIpc) is 2.61. The minimum absolute atomic E-state index is 0.128. The molecular weight excluding hydrogens is 374 g/mol. The van der Waals surface area contributed by atoms with Gasteiger partial charge in [-0.3, -0.25) is 9.59 Å². The van der Waals surface area contributed by atoms with Gasteiger partial charge in [0.25, 0.3) is 5.91 Å². The fourth-order valence-electron chi connectivity index (χ4n) is 2.15. The number of rotatable bonds is 7. The molecule has 2 aromatic rings. The number of esters is 1. The Bertz CT molecular complexity index is 797. The molecule has 1 atom stereocenters. The normalized spacial score (nSPS) is 11.5. The Labute approximate surface area is 162 Å². The minimum atomic E-state index is -0.941. The number of carbonyl (C=O) groups is 2. The lowest BCUT2D eigenvalue weighted by Gasteiger charge is -2.15. The predicted octanol–water partition coefficient (Wildman–Crippen LogP) is 4.32. The second kappa shape index (κ2) is 9.50. The molecule has 0 radical (unpaired) electrons. The van der Waals surface area contributed by atoms with E-state index in [4.69, 9.17) is 21.1 Å². The Kier molecular flexibility index (Phi) is 7.36. The molecule has 2 rings (SSSR count). The van der Waals surface area contributed by atoms with Gasteiger partial charge in [-0.1, -0.05) is 29.8 Å². The zero-order chi connectivity index (χ0) is 19.1. The third-order valence-electron chi connectivity index (χ3n) is 3.54. The Morgan fingerprint density at radius 2 is 1.96 bits per heavy atom. The zero-order valence-electron chi connectivity index (χ0n) is 14.7. The van der Waals surface area contributed by atoms with Gasteiger partial charge < -0.3 is 14.8 Å². The van der Waals surface area contributed by atoms with E-state index in [1.807, 2.05) is 31.2 Å². The molecule has 2 aromatic carbocycles. The van der Waals surface area contributed by atoms with Crippen LogP contribution in [0.15, 0.2) is 47.4 Å². The van der Waals surface area contributed by atoms with E-state index < -0.39 is 18.0 Å². The van der Waals surface area contributed by atoms with Gasteiger partial charge in [0.05, 0.1) is 18.6 Å². The molecule has 0 heterocycles. The summed E-state index contributed by atoms with van der Waals surface area (Å²) in [5.41, 5.74) is 1.51. The lowest BCUT2D eigenvalue weighted by Crippen LogP contribution is -2.30. The number of nitrogens with one attached hydrogen (secondary N) is 1. The van der Waals surface area contributed by atoms with Gasteiger partial charge in [-0.15, -0.1) is 11.8 Å². The number of hydrogen-bond acceptors (Lipinski definition) is 5. The summed E-state index contributed by atoms with van der Waals surface area (Å²) in [4.78, 5) is 25.3. The Hall–Kier alpha value is -2.18. The van der Waals surface area contributed by atoms with Crippen molar-refractivity contribution in [3.05, 3.63) is 53.1 Å². The molecule has 0 fully saturated rings. The van der Waals surface area contributed by atoms with Gasteiger partial charge in [-0.25, -0.2) is 0 Å². The van der Waals surface area contributed by atoms with Gasteiger partial charge >= 0.3 is 5.97 Å². The van der Waals surface area contributed by atoms with Gasteiger partial charge in [0, 0.05) is 9.92 Å². The summed E-state index contributed by atoms with van der Waals surface area (Å²) in [6.45, 7) is 3.49. The highest BCUT2D eigenvalue weighted by molar-refractivity contribution is 8.00. The van der Waals surface area contributed by atoms with E-state index in [-0.39, 0.29) is 5.75 Å². The molecule has 26 heavy (non-hydrogen) atoms. The molecule has 5 nitrogen and oxygen atoms in total. The van der Waals surface area contributed by atoms with Gasteiger partial charge in [0.1, 0.15) is 5.75 Å². The molecule has 0 saturated heterocycles. The van der Waals surface area contributed by atoms with Crippen molar-refractivity contribution in [2.75, 3.05) is 18.2 Å². The summed E-state index contributed by atoms with van der Waals surface area (Å²) < 4.78 is 10.4. The van der Waals surface area contributed by atoms with Crippen LogP contribution in [0.5, 0.6) is 5.75 Å². The van der Waals surface area contributed by atoms with E-state index in [1.54, 1.807) is 18.2 Å². The maximum Gasteiger partial charge on any atom is 0.317 e. The lowest BCUT2D eigenvalue weighted by atomic mass is 10.2. The number of halogens is 1. The summed E-state index contributed by atoms with van der Waals surface area (Å²) in [6.07, 6.45) is -0.941. The number of thioether (sulfide) groups is 1. The van der Waals surface area contributed by atoms with E-state index in [1.165, 1.54) is 25.8 Å². The molecule has 7 heteroatoms. The van der Waals surface area contributed by atoms with Crippen molar-refractivity contribution in [1.82, 2.24) is 0 Å². The quantitative estimate of drug-likeness (QED) is 0.560. The maximum absolute atomic E-state index is 12.3. The van der Waals surface area contributed by atoms with Crippen LogP contribution in [-0.2, 0) is 14.3 Å². The van der Waals surface area contributed by atoms with Crippen LogP contribution in [0.4, 0.5) is 5.69 Å². The molecule has 138 valence electrons. The van der Waals surface area contributed by atoms with Gasteiger partial charge in [0.2, 0.25) is 0 Å². The Morgan fingerprint density at radius 1 is 1.23 bits per heavy atom. The first-order valence-electron chi connectivity index (χ1n) is 7.93. The maximum atomic E-state index is 12.3. The SMILES string of the molecule is COc1ccc(Cl)cc1NC(=O)[C@@H](C)OC(=O)CSc1ccccc1C. The molecule has 0 spiro atoms. The molecule has 0 bridgehead atoms. The number of amides is 1. The predicted molar refractivity (Wildman–Crippen MR) is 104 cm³/mol. The molecule has 0 aromatic heterocycles. The first-order valence-corrected chi connectivity index (χ1v) is 9.29. The standard InChI is InChI=1S/C19H20ClNO4S/c1-12-6-4-5-7-17(12)26-11-18(22)25-13(2)19(23)21-15-10-14(20)8-9-16(15)24-3/h4-10,13H,11H2,1-3H3,(H,21,23)/t13-/m1/s1. The second-order valence-electron chi connectivity index (χ2n) is 5.52. The molecule has 0 unspecified atom stereocenters. The average molecular weight is 394 g/mol. The van der Waals surface area contributed by atoms with Crippen molar-refractivity contribution >= 4 is 40.9 Å². The van der Waals surface area contributed by atoms with Crippen LogP contribution in [0.1, 0.15) is 12.5 Å². The van der Waals surface area contributed by atoms with Crippen LogP contribution in [0.2, 0.25) is 5.02 Å². The molecule has 0 aliphatic rings. The summed E-state index contributed by atoms with van der Waals surface area (Å²) in [6, 6.07) is 12.6. The van der Waals surface area contributed by atoms with E-state index in [0.717, 1.165) is 10.5 Å². The number of hydrogen-bond donors (Lipinski definition) is 1. The van der Waals surface area contributed by atoms with Crippen molar-refractivity contribution in [3.63, 3.8) is 0 Å². The number of benzene rings is 2. The van der Waals surface area contributed by atoms with Crippen LogP contribution in [0.25, 0.3) is 0 Å². The molecule has 1 N–H and O–H groups in total. The smallest absolute Gasteiger partial charge is 0.317 e. The molecule has 0 aliphatic heterocycles. The first kappa shape index (κ1) is 20.1. The number of ether oxygens (including phenoxy) is 2. The molecular formula is C19H20ClNO4S. The third-order valence-corrected chi connectivity index (χ3v) is 4.92. The third kappa shape index (κ3) is 5.68. The topological polar surface area (TPSA) is 64.6 Å². The van der Waals surface area contributed by atoms with Crippen LogP contribution >= 0.6 is 23.4 Å². The van der Waals surface area contributed by atoms with E-state index in [0.29, 0.717) is 16.5 Å². The molecule has 0 aliphatic carbocycles. The van der Waals surface area contributed by atoms with Gasteiger partial charge in [-0.05, 0) is 43.7 Å². The summed E-state index contributed by atoms with van der Waals surface area (Å²) >= 11 is 7.32. The highest BCUT2D eigenvalue weighted by Gasteiger charge is 2.19. The van der Waals surface area contributed by atoms with Crippen molar-refractivity contribution in [1.29, 1.82) is 0 Å². The Morgan fingerprint density at radius 3 is 2.65 bits per heavy atom. The number of aryl methyl sites for hydroxylation is 1. The van der Waals surface area contributed by atoms with E-state index in [9.17, 15) is 9.59 Å². The lowest BCUT2D eigenvalue weighted by molar-refractivity contribution is -0.150. The van der Waals surface area contributed by atoms with E-state index >= 15 is 0 Å². The highest BCUT2D eigenvalue weighted by Crippen LogP contribution is 2.28. The largest absolute Gasteiger partial charge is 0.495 e. The van der Waals surface area contributed by atoms with E-state index in [2.05, 4.69) is 5.32 Å². The summed E-state index contributed by atoms with van der Waals surface area (Å²) in [5.74, 6) is -0.321. The number of anilines is 1. The summed E-state index contributed by atoms with van der Waals surface area (Å²) in [5, 5.41) is 3.12. The van der Waals surface area contributed by atoms with Crippen molar-refractivity contribution in [2.24, 2.45) is 0 Å². The van der Waals surface area contributed by atoms with Crippen molar-refractivity contribution < 1.29 is 19.1 Å². The molecule has 1 amide bonds. The fraction of sp³-hybridized carbons (Fsp3) is 0.263. The highest BCUT2D eigenvalue weighted by atomic mass is 35.5. The van der Waals surface area contributed by atoms with Gasteiger partial charge in [-0.2, -0.15) is 0 Å². The van der Waals surface area contributed by atoms with Crippen molar-refractivity contribution in [3.8, 4) is 5.75 Å². The molecule has 0 saturated carbocycles. The fourth-order valence-corrected chi connectivity index (χ4v) is 3.14. The first-order chi connectivity index (χ1) is 12.4. The number of methoxy groups -OCH3 is 1. The second-order valence-corrected chi connectivity index (χ2v) is 6.97. The zero-order valence-corrected chi connectivity index (χ0v) is 16.3. The van der Waals surface area contributed by atoms with Crippen LogP contribution in [0.3, 0.4) is 0 Å². The van der Waals surface area contributed by atoms with Gasteiger partial charge in [0.15, 0.2) is 6.10 Å². The van der Waals surface area contributed by atoms with Crippen LogP contribution in [0, 0.1) is 6.92 Å². The van der Waals surface area contributed by atoms with Crippen LogP contribution < -0.4 is 10.1 Å². The summed E-state index contributed by atoms with van der Waals surface area (Å²) in [7, 11) is 1.49. The van der Waals surface area contributed by atoms with Crippen LogP contribution in [-0.4, -0.2) is 30.8 Å². The van der Waals surface area contributed by atoms with Crippen molar-refractivity contribution in [2.45, 2.75) is 24.8 Å². The minimum Gasteiger partial charge on any atom is -0.495 e. The monoisotopic (exact) mass is 393 g/mol. The number of carbonyl (C=O) groups excluding carboxylic acids is 2. The Balaban J connectivity index is 1.89.